The normalized spacial score (nSPS) is 12.4. The van der Waals surface area contributed by atoms with Crippen LogP contribution in [0.25, 0.3) is 0 Å². The number of nitrogens with zero attached hydrogens (tertiary/aromatic N) is 1. The van der Waals surface area contributed by atoms with Crippen LogP contribution >= 0.6 is 23.2 Å². The maximum atomic E-state index is 6.15. The molecule has 0 radical (unpaired) electrons. The molecule has 2 aromatic rings. The molecule has 0 aliphatic heterocycles. The summed E-state index contributed by atoms with van der Waals surface area (Å²) in [5, 5.41) is 1.27. The third kappa shape index (κ3) is 6.06. The zero-order valence-electron chi connectivity index (χ0n) is 13.9. The molecule has 0 heterocycles. The molecule has 0 spiro atoms. The van der Waals surface area contributed by atoms with Crippen LogP contribution in [0, 0.1) is 5.92 Å². The average Bonchev–Trinajstić information content (AvgIpc) is 2.47. The first-order valence-electron chi connectivity index (χ1n) is 7.74. The Bertz CT molecular complexity index is 626. The Morgan fingerprint density at radius 1 is 1.04 bits per heavy atom. The molecule has 2 aromatic carbocycles. The molecule has 0 aliphatic rings. The number of halogens is 2. The third-order valence-electron chi connectivity index (χ3n) is 3.59. The van der Waals surface area contributed by atoms with Gasteiger partial charge in [-0.3, -0.25) is 0 Å². The van der Waals surface area contributed by atoms with Crippen LogP contribution in [-0.4, -0.2) is 25.5 Å². The van der Waals surface area contributed by atoms with E-state index in [9.17, 15) is 0 Å². The maximum absolute atomic E-state index is 6.15. The van der Waals surface area contributed by atoms with Gasteiger partial charge in [-0.25, -0.2) is 0 Å². The zero-order valence-corrected chi connectivity index (χ0v) is 15.4. The van der Waals surface area contributed by atoms with Gasteiger partial charge < -0.3 is 9.64 Å². The van der Waals surface area contributed by atoms with E-state index in [1.165, 1.54) is 5.56 Å². The lowest BCUT2D eigenvalue weighted by molar-refractivity contribution is 0.306. The van der Waals surface area contributed by atoms with Crippen molar-refractivity contribution in [3.8, 4) is 5.75 Å². The second-order valence-corrected chi connectivity index (χ2v) is 7.08. The van der Waals surface area contributed by atoms with Crippen LogP contribution in [0.3, 0.4) is 0 Å². The van der Waals surface area contributed by atoms with Crippen molar-refractivity contribution in [3.05, 3.63) is 63.6 Å². The van der Waals surface area contributed by atoms with Crippen LogP contribution in [-0.2, 0) is 13.0 Å². The third-order valence-corrected chi connectivity index (χ3v) is 4.18. The lowest BCUT2D eigenvalue weighted by Gasteiger charge is -2.17. The predicted molar refractivity (Wildman–Crippen MR) is 98.7 cm³/mol. The van der Waals surface area contributed by atoms with E-state index in [-0.39, 0.29) is 0 Å². The molecule has 0 fully saturated rings. The largest absolute Gasteiger partial charge is 0.489 e. The fourth-order valence-electron chi connectivity index (χ4n) is 2.61. The molecule has 0 aromatic heterocycles. The Labute approximate surface area is 149 Å². The first-order valence-corrected chi connectivity index (χ1v) is 8.50. The van der Waals surface area contributed by atoms with Crippen molar-refractivity contribution in [2.75, 3.05) is 20.6 Å². The van der Waals surface area contributed by atoms with E-state index in [2.05, 4.69) is 38.1 Å². The molecule has 0 amide bonds. The zero-order chi connectivity index (χ0) is 16.8. The second-order valence-electron chi connectivity index (χ2n) is 6.24. The molecule has 0 bridgehead atoms. The first-order chi connectivity index (χ1) is 10.9. The highest BCUT2D eigenvalue weighted by Gasteiger charge is 2.06. The van der Waals surface area contributed by atoms with Crippen molar-refractivity contribution >= 4 is 23.2 Å². The van der Waals surface area contributed by atoms with Gasteiger partial charge in [-0.15, -0.1) is 0 Å². The molecule has 2 rings (SSSR count). The Kier molecular flexibility index (Phi) is 6.76. The molecule has 23 heavy (non-hydrogen) atoms. The Morgan fingerprint density at radius 2 is 1.74 bits per heavy atom. The standard InChI is InChI=1S/C19H23Cl2NO/c1-14(12-22(2)3)10-15-4-8-18(9-5-15)23-13-16-6-7-17(20)11-19(16)21/h4-9,11,14H,10,12-13H2,1-3H3. The van der Waals surface area contributed by atoms with E-state index >= 15 is 0 Å². The molecule has 124 valence electrons. The van der Waals surface area contributed by atoms with Gasteiger partial charge in [0.15, 0.2) is 0 Å². The highest BCUT2D eigenvalue weighted by molar-refractivity contribution is 6.35. The minimum atomic E-state index is 0.437. The number of hydrogen-bond acceptors (Lipinski definition) is 2. The van der Waals surface area contributed by atoms with E-state index in [4.69, 9.17) is 27.9 Å². The van der Waals surface area contributed by atoms with Gasteiger partial charge in [0, 0.05) is 22.2 Å². The minimum Gasteiger partial charge on any atom is -0.489 e. The smallest absolute Gasteiger partial charge is 0.119 e. The topological polar surface area (TPSA) is 12.5 Å². The summed E-state index contributed by atoms with van der Waals surface area (Å²) >= 11 is 12.0. The summed E-state index contributed by atoms with van der Waals surface area (Å²) in [7, 11) is 4.21. The Hall–Kier alpha value is -1.22. The van der Waals surface area contributed by atoms with E-state index in [0.29, 0.717) is 22.6 Å². The maximum Gasteiger partial charge on any atom is 0.119 e. The van der Waals surface area contributed by atoms with Crippen LogP contribution in [0.1, 0.15) is 18.1 Å². The fourth-order valence-corrected chi connectivity index (χ4v) is 3.07. The molecule has 4 heteroatoms. The Morgan fingerprint density at radius 3 is 2.35 bits per heavy atom. The average molecular weight is 352 g/mol. The highest BCUT2D eigenvalue weighted by Crippen LogP contribution is 2.23. The summed E-state index contributed by atoms with van der Waals surface area (Å²) in [5.41, 5.74) is 2.26. The van der Waals surface area contributed by atoms with Crippen molar-refractivity contribution in [1.82, 2.24) is 4.90 Å². The van der Waals surface area contributed by atoms with Gasteiger partial charge >= 0.3 is 0 Å². The quantitative estimate of drug-likeness (QED) is 0.669. The number of hydrogen-bond donors (Lipinski definition) is 0. The summed E-state index contributed by atoms with van der Waals surface area (Å²) in [6.45, 7) is 3.80. The van der Waals surface area contributed by atoms with Crippen LogP contribution in [0.2, 0.25) is 10.0 Å². The summed E-state index contributed by atoms with van der Waals surface area (Å²) < 4.78 is 5.80. The predicted octanol–water partition coefficient (Wildman–Crippen LogP) is 5.31. The minimum absolute atomic E-state index is 0.437. The van der Waals surface area contributed by atoms with Crippen molar-refractivity contribution in [2.24, 2.45) is 5.92 Å². The van der Waals surface area contributed by atoms with Gasteiger partial charge in [-0.1, -0.05) is 48.3 Å². The van der Waals surface area contributed by atoms with Crippen LogP contribution in [0.5, 0.6) is 5.75 Å². The molecular formula is C19H23Cl2NO. The van der Waals surface area contributed by atoms with Gasteiger partial charge in [-0.05, 0) is 56.3 Å². The van der Waals surface area contributed by atoms with Crippen LogP contribution in [0.15, 0.2) is 42.5 Å². The summed E-state index contributed by atoms with van der Waals surface area (Å²) in [6, 6.07) is 13.7. The molecular weight excluding hydrogens is 329 g/mol. The van der Waals surface area contributed by atoms with Gasteiger partial charge in [0.05, 0.1) is 0 Å². The first kappa shape index (κ1) is 18.1. The van der Waals surface area contributed by atoms with E-state index in [1.54, 1.807) is 6.07 Å². The van der Waals surface area contributed by atoms with E-state index in [0.717, 1.165) is 24.3 Å². The van der Waals surface area contributed by atoms with Gasteiger partial charge in [-0.2, -0.15) is 0 Å². The number of rotatable bonds is 7. The molecule has 2 nitrogen and oxygen atoms in total. The van der Waals surface area contributed by atoms with Crippen LogP contribution in [0.4, 0.5) is 0 Å². The second kappa shape index (κ2) is 8.58. The molecule has 1 unspecified atom stereocenters. The fraction of sp³-hybridized carbons (Fsp3) is 0.368. The molecule has 0 saturated carbocycles. The molecule has 0 N–H and O–H groups in total. The molecule has 0 saturated heterocycles. The van der Waals surface area contributed by atoms with Crippen molar-refractivity contribution in [3.63, 3.8) is 0 Å². The number of benzene rings is 2. The molecule has 0 aliphatic carbocycles. The lowest BCUT2D eigenvalue weighted by Crippen LogP contribution is -2.21. The summed E-state index contributed by atoms with van der Waals surface area (Å²) in [6.07, 6.45) is 1.07. The highest BCUT2D eigenvalue weighted by atomic mass is 35.5. The van der Waals surface area contributed by atoms with Crippen LogP contribution < -0.4 is 4.74 Å². The monoisotopic (exact) mass is 351 g/mol. The number of ether oxygens (including phenoxy) is 1. The van der Waals surface area contributed by atoms with E-state index < -0.39 is 0 Å². The van der Waals surface area contributed by atoms with Gasteiger partial charge in [0.25, 0.3) is 0 Å². The molecule has 1 atom stereocenters. The van der Waals surface area contributed by atoms with Crippen molar-refractivity contribution in [1.29, 1.82) is 0 Å². The van der Waals surface area contributed by atoms with Crippen molar-refractivity contribution in [2.45, 2.75) is 20.0 Å². The lowest BCUT2D eigenvalue weighted by atomic mass is 10.0. The SMILES string of the molecule is CC(Cc1ccc(OCc2ccc(Cl)cc2Cl)cc1)CN(C)C. The summed E-state index contributed by atoms with van der Waals surface area (Å²) in [5.74, 6) is 1.48. The van der Waals surface area contributed by atoms with E-state index in [1.807, 2.05) is 24.3 Å². The Balaban J connectivity index is 1.89. The van der Waals surface area contributed by atoms with Crippen molar-refractivity contribution < 1.29 is 4.74 Å². The van der Waals surface area contributed by atoms with Gasteiger partial charge in [0.1, 0.15) is 12.4 Å². The van der Waals surface area contributed by atoms with Gasteiger partial charge in [0.2, 0.25) is 0 Å². The summed E-state index contributed by atoms with van der Waals surface area (Å²) in [4.78, 5) is 2.22.